The van der Waals surface area contributed by atoms with Gasteiger partial charge in [-0.3, -0.25) is 9.89 Å². The SMILES string of the molecule is CCNC(=NCCN1CCOCC1)N1CCS(=O)(=O)C(C)(C)C1. The molecule has 2 aliphatic heterocycles. The third kappa shape index (κ3) is 4.81. The van der Waals surface area contributed by atoms with Gasteiger partial charge in [-0.05, 0) is 20.8 Å². The van der Waals surface area contributed by atoms with Gasteiger partial charge in [-0.15, -0.1) is 0 Å². The second kappa shape index (κ2) is 7.81. The molecule has 0 aliphatic carbocycles. The molecule has 0 amide bonds. The molecule has 0 atom stereocenters. The fraction of sp³-hybridized carbons (Fsp3) is 0.933. The number of nitrogens with zero attached hydrogens (tertiary/aromatic N) is 3. The van der Waals surface area contributed by atoms with E-state index in [9.17, 15) is 8.42 Å². The summed E-state index contributed by atoms with van der Waals surface area (Å²) in [6.45, 7) is 12.5. The minimum absolute atomic E-state index is 0.188. The summed E-state index contributed by atoms with van der Waals surface area (Å²) >= 11 is 0. The Morgan fingerprint density at radius 2 is 1.96 bits per heavy atom. The van der Waals surface area contributed by atoms with Gasteiger partial charge in [0, 0.05) is 39.3 Å². The molecule has 7 nitrogen and oxygen atoms in total. The Hall–Kier alpha value is -0.860. The number of aliphatic imine (C=N–C) groups is 1. The van der Waals surface area contributed by atoms with Crippen LogP contribution in [0.15, 0.2) is 4.99 Å². The van der Waals surface area contributed by atoms with E-state index in [1.807, 2.05) is 6.92 Å². The van der Waals surface area contributed by atoms with Gasteiger partial charge in [0.25, 0.3) is 0 Å². The molecule has 2 rings (SSSR count). The molecule has 0 spiro atoms. The molecule has 2 saturated heterocycles. The molecule has 0 bridgehead atoms. The lowest BCUT2D eigenvalue weighted by atomic mass is 10.2. The van der Waals surface area contributed by atoms with Crippen molar-refractivity contribution in [3.8, 4) is 0 Å². The number of hydrogen-bond donors (Lipinski definition) is 1. The van der Waals surface area contributed by atoms with E-state index >= 15 is 0 Å². The van der Waals surface area contributed by atoms with Gasteiger partial charge in [0.1, 0.15) is 0 Å². The number of sulfone groups is 1. The minimum atomic E-state index is -3.03. The van der Waals surface area contributed by atoms with Crippen LogP contribution < -0.4 is 5.32 Å². The van der Waals surface area contributed by atoms with Crippen LogP contribution in [0.3, 0.4) is 0 Å². The van der Waals surface area contributed by atoms with E-state index in [1.165, 1.54) is 0 Å². The number of hydrogen-bond acceptors (Lipinski definition) is 5. The summed E-state index contributed by atoms with van der Waals surface area (Å²) in [5.74, 6) is 1.01. The molecule has 0 aromatic carbocycles. The van der Waals surface area contributed by atoms with Crippen LogP contribution in [0.4, 0.5) is 0 Å². The van der Waals surface area contributed by atoms with Gasteiger partial charge in [0.2, 0.25) is 0 Å². The Morgan fingerprint density at radius 1 is 1.26 bits per heavy atom. The van der Waals surface area contributed by atoms with Gasteiger partial charge in [-0.25, -0.2) is 8.42 Å². The summed E-state index contributed by atoms with van der Waals surface area (Å²) < 4.78 is 28.9. The number of morpholine rings is 1. The van der Waals surface area contributed by atoms with Gasteiger partial charge in [0.15, 0.2) is 15.8 Å². The predicted molar refractivity (Wildman–Crippen MR) is 92.7 cm³/mol. The van der Waals surface area contributed by atoms with Crippen molar-refractivity contribution in [2.45, 2.75) is 25.5 Å². The molecule has 2 heterocycles. The average molecular weight is 346 g/mol. The second-order valence-corrected chi connectivity index (χ2v) is 9.43. The monoisotopic (exact) mass is 346 g/mol. The Kier molecular flexibility index (Phi) is 6.27. The Bertz CT molecular complexity index is 513. The molecule has 0 radical (unpaired) electrons. The van der Waals surface area contributed by atoms with Gasteiger partial charge in [-0.2, -0.15) is 0 Å². The number of nitrogens with one attached hydrogen (secondary N) is 1. The van der Waals surface area contributed by atoms with Crippen molar-refractivity contribution in [1.29, 1.82) is 0 Å². The van der Waals surface area contributed by atoms with Crippen molar-refractivity contribution < 1.29 is 13.2 Å². The molecule has 1 N–H and O–H groups in total. The van der Waals surface area contributed by atoms with Crippen molar-refractivity contribution in [3.63, 3.8) is 0 Å². The second-order valence-electron chi connectivity index (χ2n) is 6.69. The Balaban J connectivity index is 1.95. The fourth-order valence-electron chi connectivity index (χ4n) is 2.87. The maximum atomic E-state index is 12.1. The summed E-state index contributed by atoms with van der Waals surface area (Å²) in [5.41, 5.74) is 0. The summed E-state index contributed by atoms with van der Waals surface area (Å²) in [6.07, 6.45) is 0. The zero-order valence-electron chi connectivity index (χ0n) is 14.5. The molecule has 0 aromatic rings. The van der Waals surface area contributed by atoms with Crippen LogP contribution in [0.2, 0.25) is 0 Å². The van der Waals surface area contributed by atoms with Crippen LogP contribution in [-0.2, 0) is 14.6 Å². The highest BCUT2D eigenvalue weighted by molar-refractivity contribution is 7.92. The first-order chi connectivity index (χ1) is 10.9. The molecule has 23 heavy (non-hydrogen) atoms. The quantitative estimate of drug-likeness (QED) is 0.561. The topological polar surface area (TPSA) is 74.2 Å². The zero-order valence-corrected chi connectivity index (χ0v) is 15.4. The molecule has 0 unspecified atom stereocenters. The predicted octanol–water partition coefficient (Wildman–Crippen LogP) is -0.207. The van der Waals surface area contributed by atoms with E-state index < -0.39 is 14.6 Å². The lowest BCUT2D eigenvalue weighted by Crippen LogP contribution is -2.57. The third-order valence-corrected chi connectivity index (χ3v) is 6.99. The van der Waals surface area contributed by atoms with Crippen LogP contribution in [0.1, 0.15) is 20.8 Å². The summed E-state index contributed by atoms with van der Waals surface area (Å²) in [5, 5.41) is 3.29. The van der Waals surface area contributed by atoms with Crippen LogP contribution in [0.5, 0.6) is 0 Å². The van der Waals surface area contributed by atoms with Crippen LogP contribution >= 0.6 is 0 Å². The van der Waals surface area contributed by atoms with Gasteiger partial charge < -0.3 is 15.0 Å². The van der Waals surface area contributed by atoms with Crippen molar-refractivity contribution in [2.24, 2.45) is 4.99 Å². The molecule has 134 valence electrons. The smallest absolute Gasteiger partial charge is 0.194 e. The third-order valence-electron chi connectivity index (χ3n) is 4.46. The van der Waals surface area contributed by atoms with E-state index in [2.05, 4.69) is 15.1 Å². The van der Waals surface area contributed by atoms with E-state index in [0.717, 1.165) is 45.4 Å². The molecule has 2 fully saturated rings. The first-order valence-corrected chi connectivity index (χ1v) is 10.1. The highest BCUT2D eigenvalue weighted by Gasteiger charge is 2.40. The first kappa shape index (κ1) is 18.5. The summed E-state index contributed by atoms with van der Waals surface area (Å²) in [6, 6.07) is 0. The normalized spacial score (nSPS) is 25.3. The number of guanidine groups is 1. The van der Waals surface area contributed by atoms with Crippen molar-refractivity contribution in [1.82, 2.24) is 15.1 Å². The first-order valence-electron chi connectivity index (χ1n) is 8.41. The lowest BCUT2D eigenvalue weighted by molar-refractivity contribution is 0.0394. The maximum Gasteiger partial charge on any atom is 0.194 e. The molecular formula is C15H30N4O3S. The summed E-state index contributed by atoms with van der Waals surface area (Å²) in [7, 11) is -3.03. The van der Waals surface area contributed by atoms with Crippen molar-refractivity contribution in [3.05, 3.63) is 0 Å². The fourth-order valence-corrected chi connectivity index (χ4v) is 4.24. The van der Waals surface area contributed by atoms with E-state index in [1.54, 1.807) is 13.8 Å². The molecule has 0 aromatic heterocycles. The highest BCUT2D eigenvalue weighted by atomic mass is 32.2. The maximum absolute atomic E-state index is 12.1. The van der Waals surface area contributed by atoms with Crippen molar-refractivity contribution >= 4 is 15.8 Å². The molecule has 2 aliphatic rings. The van der Waals surface area contributed by atoms with Crippen LogP contribution in [0.25, 0.3) is 0 Å². The molecule has 0 saturated carbocycles. The molecular weight excluding hydrogens is 316 g/mol. The zero-order chi connectivity index (χ0) is 16.9. The summed E-state index contributed by atoms with van der Waals surface area (Å²) in [4.78, 5) is 9.12. The van der Waals surface area contributed by atoms with E-state index in [-0.39, 0.29) is 5.75 Å². The van der Waals surface area contributed by atoms with Crippen LogP contribution in [0, 0.1) is 0 Å². The molecule has 8 heteroatoms. The van der Waals surface area contributed by atoms with Gasteiger partial charge in [-0.1, -0.05) is 0 Å². The van der Waals surface area contributed by atoms with Crippen LogP contribution in [-0.4, -0.2) is 93.7 Å². The lowest BCUT2D eigenvalue weighted by Gasteiger charge is -2.39. The highest BCUT2D eigenvalue weighted by Crippen LogP contribution is 2.23. The number of ether oxygens (including phenoxy) is 1. The Morgan fingerprint density at radius 3 is 2.57 bits per heavy atom. The minimum Gasteiger partial charge on any atom is -0.379 e. The van der Waals surface area contributed by atoms with Gasteiger partial charge in [0.05, 0.1) is 30.3 Å². The Labute approximate surface area is 140 Å². The standard InChI is InChI=1S/C15H30N4O3S/c1-4-16-14(17-5-6-18-7-10-22-11-8-18)19-9-12-23(20,21)15(2,3)13-19/h4-13H2,1-3H3,(H,16,17). The van der Waals surface area contributed by atoms with E-state index in [0.29, 0.717) is 19.6 Å². The van der Waals surface area contributed by atoms with E-state index in [4.69, 9.17) is 9.73 Å². The van der Waals surface area contributed by atoms with Gasteiger partial charge >= 0.3 is 0 Å². The largest absolute Gasteiger partial charge is 0.379 e. The van der Waals surface area contributed by atoms with Crippen molar-refractivity contribution in [2.75, 3.05) is 64.8 Å². The average Bonchev–Trinajstić information content (AvgIpc) is 2.50. The number of rotatable bonds is 4.